The van der Waals surface area contributed by atoms with Crippen LogP contribution in [0.15, 0.2) is 67.0 Å². The van der Waals surface area contributed by atoms with Crippen molar-refractivity contribution in [2.75, 3.05) is 11.9 Å². The van der Waals surface area contributed by atoms with E-state index in [0.29, 0.717) is 0 Å². The van der Waals surface area contributed by atoms with E-state index in [9.17, 15) is 0 Å². The molecule has 0 saturated heterocycles. The van der Waals surface area contributed by atoms with Gasteiger partial charge >= 0.3 is 0 Å². The Hall–Kier alpha value is -2.68. The third-order valence-electron chi connectivity index (χ3n) is 4.17. The van der Waals surface area contributed by atoms with Crippen molar-refractivity contribution in [3.63, 3.8) is 0 Å². The number of aromatic nitrogens is 2. The molecule has 0 radical (unpaired) electrons. The molecule has 3 nitrogen and oxygen atoms in total. The molecule has 0 saturated carbocycles. The molecule has 0 unspecified atom stereocenters. The summed E-state index contributed by atoms with van der Waals surface area (Å²) in [6.07, 6.45) is 4.69. The van der Waals surface area contributed by atoms with Crippen LogP contribution < -0.4 is 5.32 Å². The second-order valence-electron chi connectivity index (χ2n) is 6.14. The first kappa shape index (κ1) is 16.2. The summed E-state index contributed by atoms with van der Waals surface area (Å²) >= 11 is 0. The van der Waals surface area contributed by atoms with Gasteiger partial charge < -0.3 is 5.32 Å². The van der Waals surface area contributed by atoms with Crippen LogP contribution in [0.3, 0.4) is 0 Å². The highest BCUT2D eigenvalue weighted by Gasteiger charge is 2.04. The molecule has 122 valence electrons. The predicted octanol–water partition coefficient (Wildman–Crippen LogP) is 4.79. The Balaban J connectivity index is 1.67. The van der Waals surface area contributed by atoms with E-state index >= 15 is 0 Å². The molecule has 2 aromatic carbocycles. The Morgan fingerprint density at radius 3 is 2.46 bits per heavy atom. The number of aryl methyl sites for hydroxylation is 1. The summed E-state index contributed by atoms with van der Waals surface area (Å²) in [5.74, 6) is 0.903. The zero-order chi connectivity index (χ0) is 16.8. The maximum atomic E-state index is 4.39. The molecule has 0 bridgehead atoms. The van der Waals surface area contributed by atoms with Crippen molar-refractivity contribution in [2.45, 2.75) is 26.2 Å². The molecule has 1 heterocycles. The lowest BCUT2D eigenvalue weighted by atomic mass is 9.99. The summed E-state index contributed by atoms with van der Waals surface area (Å²) in [5.41, 5.74) is 5.01. The average molecular weight is 317 g/mol. The third kappa shape index (κ3) is 3.99. The number of rotatable bonds is 7. The lowest BCUT2D eigenvalue weighted by molar-refractivity contribution is 0.905. The van der Waals surface area contributed by atoms with E-state index in [2.05, 4.69) is 59.1 Å². The monoisotopic (exact) mass is 317 g/mol. The van der Waals surface area contributed by atoms with Crippen LogP contribution >= 0.6 is 0 Å². The number of nitrogens with zero attached hydrogens (tertiary/aromatic N) is 2. The lowest BCUT2D eigenvalue weighted by Crippen LogP contribution is -2.08. The van der Waals surface area contributed by atoms with Crippen LogP contribution in [-0.2, 0) is 12.8 Å². The molecule has 0 atom stereocenters. The standard InChI is InChI=1S/C21H23N3/c1-16(2)11-12-17-7-3-4-8-18(17)13-14-22-21-19-9-5-6-10-20(19)23-15-24-21/h3-10,15H,1,11-14H2,2H3,(H,22,23,24). The van der Waals surface area contributed by atoms with Crippen molar-refractivity contribution < 1.29 is 0 Å². The smallest absolute Gasteiger partial charge is 0.137 e. The minimum absolute atomic E-state index is 0.852. The fraction of sp³-hybridized carbons (Fsp3) is 0.238. The Labute approximate surface area is 143 Å². The van der Waals surface area contributed by atoms with Gasteiger partial charge in [-0.15, -0.1) is 6.58 Å². The van der Waals surface area contributed by atoms with Crippen LogP contribution in [-0.4, -0.2) is 16.5 Å². The Morgan fingerprint density at radius 1 is 0.958 bits per heavy atom. The second kappa shape index (κ2) is 7.73. The molecule has 1 aromatic heterocycles. The molecule has 0 aliphatic carbocycles. The number of hydrogen-bond acceptors (Lipinski definition) is 3. The molecule has 3 heteroatoms. The predicted molar refractivity (Wildman–Crippen MR) is 101 cm³/mol. The van der Waals surface area contributed by atoms with Gasteiger partial charge in [0.05, 0.1) is 5.52 Å². The van der Waals surface area contributed by atoms with E-state index in [1.165, 1.54) is 16.7 Å². The van der Waals surface area contributed by atoms with Crippen LogP contribution in [0.4, 0.5) is 5.82 Å². The first-order valence-electron chi connectivity index (χ1n) is 8.39. The summed E-state index contributed by atoms with van der Waals surface area (Å²) < 4.78 is 0. The van der Waals surface area contributed by atoms with Crippen molar-refractivity contribution in [3.05, 3.63) is 78.1 Å². The van der Waals surface area contributed by atoms with Gasteiger partial charge in [0.2, 0.25) is 0 Å². The quantitative estimate of drug-likeness (QED) is 0.636. The molecule has 1 N–H and O–H groups in total. The molecular formula is C21H23N3. The minimum Gasteiger partial charge on any atom is -0.369 e. The minimum atomic E-state index is 0.852. The maximum Gasteiger partial charge on any atom is 0.137 e. The van der Waals surface area contributed by atoms with Gasteiger partial charge in [-0.05, 0) is 49.4 Å². The summed E-state index contributed by atoms with van der Waals surface area (Å²) in [7, 11) is 0. The van der Waals surface area contributed by atoms with Gasteiger partial charge in [0.25, 0.3) is 0 Å². The highest BCUT2D eigenvalue weighted by molar-refractivity contribution is 5.88. The molecule has 3 rings (SSSR count). The van der Waals surface area contributed by atoms with E-state index in [-0.39, 0.29) is 0 Å². The highest BCUT2D eigenvalue weighted by atomic mass is 15.0. The van der Waals surface area contributed by atoms with Crippen LogP contribution in [0.5, 0.6) is 0 Å². The van der Waals surface area contributed by atoms with Crippen molar-refractivity contribution in [1.82, 2.24) is 9.97 Å². The molecule has 0 aliphatic rings. The second-order valence-corrected chi connectivity index (χ2v) is 6.14. The number of nitrogens with one attached hydrogen (secondary N) is 1. The summed E-state index contributed by atoms with van der Waals surface area (Å²) in [5, 5.41) is 4.52. The maximum absolute atomic E-state index is 4.39. The SMILES string of the molecule is C=C(C)CCc1ccccc1CCNc1ncnc2ccccc12. The zero-order valence-corrected chi connectivity index (χ0v) is 14.1. The van der Waals surface area contributed by atoms with E-state index in [4.69, 9.17) is 0 Å². The molecule has 0 fully saturated rings. The lowest BCUT2D eigenvalue weighted by Gasteiger charge is -2.11. The number of benzene rings is 2. The average Bonchev–Trinajstić information content (AvgIpc) is 2.61. The fourth-order valence-electron chi connectivity index (χ4n) is 2.85. The van der Waals surface area contributed by atoms with Crippen LogP contribution in [0.1, 0.15) is 24.5 Å². The molecule has 0 spiro atoms. The van der Waals surface area contributed by atoms with Crippen molar-refractivity contribution >= 4 is 16.7 Å². The summed E-state index contributed by atoms with van der Waals surface area (Å²) in [6.45, 7) is 6.94. The van der Waals surface area contributed by atoms with Crippen molar-refractivity contribution in [3.8, 4) is 0 Å². The van der Waals surface area contributed by atoms with Gasteiger partial charge in [0, 0.05) is 11.9 Å². The number of allylic oxidation sites excluding steroid dienone is 1. The van der Waals surface area contributed by atoms with E-state index in [1.807, 2.05) is 18.2 Å². The van der Waals surface area contributed by atoms with Crippen molar-refractivity contribution in [1.29, 1.82) is 0 Å². The first-order chi connectivity index (χ1) is 11.7. The first-order valence-corrected chi connectivity index (χ1v) is 8.39. The summed E-state index contributed by atoms with van der Waals surface area (Å²) in [4.78, 5) is 8.69. The van der Waals surface area contributed by atoms with Gasteiger partial charge in [0.15, 0.2) is 0 Å². The number of anilines is 1. The third-order valence-corrected chi connectivity index (χ3v) is 4.17. The molecular weight excluding hydrogens is 294 g/mol. The van der Waals surface area contributed by atoms with Crippen LogP contribution in [0, 0.1) is 0 Å². The van der Waals surface area contributed by atoms with Crippen LogP contribution in [0.2, 0.25) is 0 Å². The van der Waals surface area contributed by atoms with Gasteiger partial charge in [-0.2, -0.15) is 0 Å². The van der Waals surface area contributed by atoms with Gasteiger partial charge in [0.1, 0.15) is 12.1 Å². The fourth-order valence-corrected chi connectivity index (χ4v) is 2.85. The largest absolute Gasteiger partial charge is 0.369 e. The zero-order valence-electron chi connectivity index (χ0n) is 14.1. The molecule has 0 aliphatic heterocycles. The van der Waals surface area contributed by atoms with Gasteiger partial charge in [-0.25, -0.2) is 9.97 Å². The Morgan fingerprint density at radius 2 is 1.67 bits per heavy atom. The molecule has 24 heavy (non-hydrogen) atoms. The van der Waals surface area contributed by atoms with E-state index in [1.54, 1.807) is 6.33 Å². The van der Waals surface area contributed by atoms with Gasteiger partial charge in [-0.1, -0.05) is 42.0 Å². The molecule has 0 amide bonds. The molecule has 3 aromatic rings. The Kier molecular flexibility index (Phi) is 5.22. The van der Waals surface area contributed by atoms with Crippen molar-refractivity contribution in [2.24, 2.45) is 0 Å². The number of fused-ring (bicyclic) bond motifs is 1. The highest BCUT2D eigenvalue weighted by Crippen LogP contribution is 2.19. The normalized spacial score (nSPS) is 10.7. The van der Waals surface area contributed by atoms with Gasteiger partial charge in [-0.3, -0.25) is 0 Å². The van der Waals surface area contributed by atoms with E-state index < -0.39 is 0 Å². The van der Waals surface area contributed by atoms with Crippen LogP contribution in [0.25, 0.3) is 10.9 Å². The Bertz CT molecular complexity index is 834. The van der Waals surface area contributed by atoms with E-state index in [0.717, 1.165) is 42.5 Å². The summed E-state index contributed by atoms with van der Waals surface area (Å²) in [6, 6.07) is 16.7. The number of para-hydroxylation sites is 1. The topological polar surface area (TPSA) is 37.8 Å². The number of hydrogen-bond donors (Lipinski definition) is 1.